The summed E-state index contributed by atoms with van der Waals surface area (Å²) in [5.74, 6) is -1.88. The van der Waals surface area contributed by atoms with Crippen LogP contribution >= 0.6 is 23.2 Å². The van der Waals surface area contributed by atoms with Crippen molar-refractivity contribution in [3.63, 3.8) is 0 Å². The van der Waals surface area contributed by atoms with Crippen molar-refractivity contribution in [3.05, 3.63) is 51.3 Å². The first kappa shape index (κ1) is 28.7. The van der Waals surface area contributed by atoms with Gasteiger partial charge in [0.25, 0.3) is 5.91 Å². The fourth-order valence-electron chi connectivity index (χ4n) is 5.13. The number of amides is 1. The Labute approximate surface area is 228 Å². The molecule has 12 heteroatoms. The summed E-state index contributed by atoms with van der Waals surface area (Å²) in [6, 6.07) is 3.98. The van der Waals surface area contributed by atoms with Crippen LogP contribution in [-0.2, 0) is 11.0 Å². The van der Waals surface area contributed by atoms with Gasteiger partial charge >= 0.3 is 12.1 Å². The molecular formula is C26H30Cl2F3N3O4. The summed E-state index contributed by atoms with van der Waals surface area (Å²) >= 11 is 12.4. The summed E-state index contributed by atoms with van der Waals surface area (Å²) < 4.78 is 44.0. The van der Waals surface area contributed by atoms with Crippen LogP contribution in [0, 0.1) is 10.8 Å². The quantitative estimate of drug-likeness (QED) is 0.380. The Balaban J connectivity index is 1.65. The van der Waals surface area contributed by atoms with E-state index in [2.05, 4.69) is 5.10 Å². The molecule has 1 amide bonds. The van der Waals surface area contributed by atoms with Crippen molar-refractivity contribution in [3.8, 4) is 0 Å². The Hall–Kier alpha value is -2.30. The van der Waals surface area contributed by atoms with Gasteiger partial charge in [0.1, 0.15) is 0 Å². The fourth-order valence-corrected chi connectivity index (χ4v) is 5.78. The molecule has 38 heavy (non-hydrogen) atoms. The number of aliphatic carboxylic acids is 1. The number of hydrogen-bond acceptors (Lipinski definition) is 4. The highest BCUT2D eigenvalue weighted by Gasteiger charge is 2.46. The van der Waals surface area contributed by atoms with E-state index in [1.54, 1.807) is 13.0 Å². The molecule has 1 heterocycles. The highest BCUT2D eigenvalue weighted by Crippen LogP contribution is 2.47. The molecule has 7 nitrogen and oxygen atoms in total. The predicted molar refractivity (Wildman–Crippen MR) is 135 cm³/mol. The number of halogens is 5. The molecule has 1 unspecified atom stereocenters. The van der Waals surface area contributed by atoms with Gasteiger partial charge in [-0.15, -0.1) is 0 Å². The summed E-state index contributed by atoms with van der Waals surface area (Å²) in [4.78, 5) is 26.5. The third-order valence-electron chi connectivity index (χ3n) is 7.90. The van der Waals surface area contributed by atoms with Crippen LogP contribution in [0.2, 0.25) is 10.0 Å². The fraction of sp³-hybridized carbons (Fsp3) is 0.577. The zero-order chi connectivity index (χ0) is 28.0. The first-order valence-electron chi connectivity index (χ1n) is 12.4. The maximum Gasteiger partial charge on any atom is 0.433 e. The van der Waals surface area contributed by atoms with E-state index >= 15 is 0 Å². The van der Waals surface area contributed by atoms with E-state index in [0.29, 0.717) is 0 Å². The Bertz CT molecular complexity index is 1200. The summed E-state index contributed by atoms with van der Waals surface area (Å²) in [6.45, 7) is 3.35. The molecule has 2 saturated carbocycles. The lowest BCUT2D eigenvalue weighted by Crippen LogP contribution is -2.39. The van der Waals surface area contributed by atoms with Crippen LogP contribution in [0.1, 0.15) is 86.1 Å². The van der Waals surface area contributed by atoms with Crippen molar-refractivity contribution in [1.82, 2.24) is 14.7 Å². The molecule has 208 valence electrons. The molecule has 2 aromatic rings. The predicted octanol–water partition coefficient (Wildman–Crippen LogP) is 6.39. The lowest BCUT2D eigenvalue weighted by Gasteiger charge is -2.34. The smallest absolute Gasteiger partial charge is 0.433 e. The van der Waals surface area contributed by atoms with E-state index in [1.165, 1.54) is 17.0 Å². The average Bonchev–Trinajstić information content (AvgIpc) is 3.37. The molecular weight excluding hydrogens is 546 g/mol. The van der Waals surface area contributed by atoms with Crippen LogP contribution in [0.15, 0.2) is 24.4 Å². The lowest BCUT2D eigenvalue weighted by molar-refractivity contribution is -0.152. The normalized spacial score (nSPS) is 23.6. The van der Waals surface area contributed by atoms with E-state index in [0.717, 1.165) is 23.7 Å². The number of carboxylic acids is 1. The molecule has 4 rings (SSSR count). The highest BCUT2D eigenvalue weighted by atomic mass is 35.5. The minimum Gasteiger partial charge on any atom is -0.481 e. The van der Waals surface area contributed by atoms with Crippen molar-refractivity contribution in [2.75, 3.05) is 13.1 Å². The summed E-state index contributed by atoms with van der Waals surface area (Å²) in [7, 11) is 0. The molecule has 1 aromatic heterocycles. The monoisotopic (exact) mass is 575 g/mol. The van der Waals surface area contributed by atoms with E-state index < -0.39 is 46.9 Å². The standard InChI is InChI=1S/C26H30Cl2F3N3O4/c1-24(10-11-24)14-33(13-19(35)20-17(27)4-3-5-18(20)28)22(36)16-12-32-34(21(16)26(29,30)31)15-6-8-25(2,9-7-15)23(37)38/h3-5,12,15,19,35H,6-11,13-14H2,1-2H3,(H,37,38). The molecule has 0 bridgehead atoms. The Morgan fingerprint density at radius 3 is 2.24 bits per heavy atom. The molecule has 2 fully saturated rings. The number of aliphatic hydroxyl groups excluding tert-OH is 1. The van der Waals surface area contributed by atoms with Crippen LogP contribution < -0.4 is 0 Å². The van der Waals surface area contributed by atoms with Gasteiger partial charge in [-0.3, -0.25) is 14.3 Å². The summed E-state index contributed by atoms with van der Waals surface area (Å²) in [6.07, 6.45) is -2.91. The van der Waals surface area contributed by atoms with E-state index in [4.69, 9.17) is 23.2 Å². The second kappa shape index (κ2) is 10.4. The zero-order valence-electron chi connectivity index (χ0n) is 21.1. The van der Waals surface area contributed by atoms with E-state index in [-0.39, 0.29) is 59.8 Å². The number of benzene rings is 1. The molecule has 2 N–H and O–H groups in total. The molecule has 1 aromatic carbocycles. The van der Waals surface area contributed by atoms with Gasteiger partial charge in [0.2, 0.25) is 0 Å². The van der Waals surface area contributed by atoms with Gasteiger partial charge in [-0.1, -0.05) is 36.2 Å². The number of alkyl halides is 3. The van der Waals surface area contributed by atoms with Crippen molar-refractivity contribution in [2.45, 2.75) is 70.7 Å². The van der Waals surface area contributed by atoms with Crippen LogP contribution in [0.4, 0.5) is 13.2 Å². The van der Waals surface area contributed by atoms with Gasteiger partial charge < -0.3 is 15.1 Å². The van der Waals surface area contributed by atoms with Gasteiger partial charge in [0.15, 0.2) is 5.69 Å². The Morgan fingerprint density at radius 1 is 1.16 bits per heavy atom. The van der Waals surface area contributed by atoms with Crippen LogP contribution in [0.25, 0.3) is 0 Å². The molecule has 0 aliphatic heterocycles. The van der Waals surface area contributed by atoms with Crippen molar-refractivity contribution in [2.24, 2.45) is 10.8 Å². The number of aliphatic hydroxyl groups is 1. The second-order valence-electron chi connectivity index (χ2n) is 11.1. The summed E-state index contributed by atoms with van der Waals surface area (Å²) in [5.41, 5.74) is -2.84. The Morgan fingerprint density at radius 2 is 1.74 bits per heavy atom. The van der Waals surface area contributed by atoms with Crippen LogP contribution in [0.5, 0.6) is 0 Å². The van der Waals surface area contributed by atoms with E-state index in [9.17, 15) is 33.0 Å². The van der Waals surface area contributed by atoms with Gasteiger partial charge in [-0.05, 0) is 63.0 Å². The number of hydrogen-bond donors (Lipinski definition) is 2. The molecule has 2 aliphatic carbocycles. The minimum absolute atomic E-state index is 0.147. The van der Waals surface area contributed by atoms with Gasteiger partial charge in [0.05, 0.1) is 35.9 Å². The van der Waals surface area contributed by atoms with Crippen LogP contribution in [0.3, 0.4) is 0 Å². The third-order valence-corrected chi connectivity index (χ3v) is 8.56. The van der Waals surface area contributed by atoms with E-state index in [1.807, 2.05) is 6.92 Å². The molecule has 1 atom stereocenters. The molecule has 0 radical (unpaired) electrons. The number of carboxylic acid groups (broad SMARTS) is 1. The second-order valence-corrected chi connectivity index (χ2v) is 11.9. The highest BCUT2D eigenvalue weighted by molar-refractivity contribution is 6.36. The first-order chi connectivity index (χ1) is 17.7. The summed E-state index contributed by atoms with van der Waals surface area (Å²) in [5, 5.41) is 24.8. The van der Waals surface area contributed by atoms with Crippen molar-refractivity contribution >= 4 is 35.1 Å². The first-order valence-corrected chi connectivity index (χ1v) is 13.2. The number of nitrogens with zero attached hydrogens (tertiary/aromatic N) is 3. The third kappa shape index (κ3) is 5.82. The van der Waals surface area contributed by atoms with Gasteiger partial charge in [-0.2, -0.15) is 18.3 Å². The Kier molecular flexibility index (Phi) is 7.82. The van der Waals surface area contributed by atoms with Gasteiger partial charge in [-0.25, -0.2) is 0 Å². The number of rotatable bonds is 8. The van der Waals surface area contributed by atoms with Crippen LogP contribution in [-0.4, -0.2) is 49.9 Å². The SMILES string of the molecule is CC1(CN(CC(O)c2c(Cl)cccc2Cl)C(=O)c2cnn(C3CCC(C)(C(=O)O)CC3)c2C(F)(F)F)CC1. The van der Waals surface area contributed by atoms with Gasteiger partial charge in [0, 0.05) is 22.2 Å². The minimum atomic E-state index is -4.88. The maximum atomic E-state index is 14.4. The number of carbonyl (C=O) groups excluding carboxylic acids is 1. The molecule has 0 saturated heterocycles. The largest absolute Gasteiger partial charge is 0.481 e. The average molecular weight is 576 g/mol. The topological polar surface area (TPSA) is 95.7 Å². The van der Waals surface area contributed by atoms with Crippen molar-refractivity contribution < 1.29 is 33.0 Å². The van der Waals surface area contributed by atoms with Crippen molar-refractivity contribution in [1.29, 1.82) is 0 Å². The number of carbonyl (C=O) groups is 2. The lowest BCUT2D eigenvalue weighted by atomic mass is 9.74. The zero-order valence-corrected chi connectivity index (χ0v) is 22.6. The molecule has 2 aliphatic rings. The maximum absolute atomic E-state index is 14.4. The molecule has 0 spiro atoms. The number of aromatic nitrogens is 2.